The zero-order valence-corrected chi connectivity index (χ0v) is 8.11. The van der Waals surface area contributed by atoms with Crippen LogP contribution in [0.4, 0.5) is 0 Å². The van der Waals surface area contributed by atoms with E-state index in [9.17, 15) is 0 Å². The van der Waals surface area contributed by atoms with E-state index < -0.39 is 0 Å². The molecule has 12 heavy (non-hydrogen) atoms. The van der Waals surface area contributed by atoms with Crippen molar-refractivity contribution in [2.75, 3.05) is 7.11 Å². The maximum Gasteiger partial charge on any atom is 0.188 e. The normalized spacial score (nSPS) is 27.2. The number of aromatic nitrogens is 1. The van der Waals surface area contributed by atoms with Gasteiger partial charge in [-0.1, -0.05) is 0 Å². The van der Waals surface area contributed by atoms with Crippen LogP contribution in [-0.4, -0.2) is 18.4 Å². The predicted molar refractivity (Wildman–Crippen MR) is 46.6 cm³/mol. The molecule has 2 unspecified atom stereocenters. The summed E-state index contributed by atoms with van der Waals surface area (Å²) in [6.45, 7) is 0. The molecule has 64 valence electrons. The molecule has 0 saturated carbocycles. The Morgan fingerprint density at radius 3 is 3.00 bits per heavy atom. The number of nitrogens with zero attached hydrogens (tertiary/aromatic N) is 1. The van der Waals surface area contributed by atoms with Crippen molar-refractivity contribution in [2.45, 2.75) is 12.4 Å². The third kappa shape index (κ3) is 1.50. The zero-order valence-electron chi connectivity index (χ0n) is 6.53. The molecule has 0 amide bonds. The highest BCUT2D eigenvalue weighted by atomic mass is 79.9. The predicted octanol–water partition coefficient (Wildman–Crippen LogP) is 1.89. The molecule has 0 N–H and O–H groups in total. The van der Waals surface area contributed by atoms with E-state index in [1.807, 2.05) is 6.07 Å². The maximum absolute atomic E-state index is 5.22. The monoisotopic (exact) mass is 229 g/mol. The molecular weight excluding hydrogens is 222 g/mol. The molecule has 2 heterocycles. The quantitative estimate of drug-likeness (QED) is 0.727. The van der Waals surface area contributed by atoms with Gasteiger partial charge in [0.25, 0.3) is 0 Å². The van der Waals surface area contributed by atoms with Gasteiger partial charge in [0.1, 0.15) is 6.10 Å². The second kappa shape index (κ2) is 3.12. The van der Waals surface area contributed by atoms with Crippen molar-refractivity contribution in [3.05, 3.63) is 28.5 Å². The maximum atomic E-state index is 5.22. The molecule has 1 saturated heterocycles. The van der Waals surface area contributed by atoms with E-state index in [-0.39, 0.29) is 12.4 Å². The van der Waals surface area contributed by atoms with Crippen molar-refractivity contribution in [2.24, 2.45) is 0 Å². The smallest absolute Gasteiger partial charge is 0.188 e. The Balaban J connectivity index is 2.14. The Kier molecular flexibility index (Phi) is 2.12. The van der Waals surface area contributed by atoms with Crippen molar-refractivity contribution < 1.29 is 9.47 Å². The number of pyridine rings is 1. The topological polar surface area (TPSA) is 34.6 Å². The van der Waals surface area contributed by atoms with Gasteiger partial charge in [-0.3, -0.25) is 4.98 Å². The summed E-state index contributed by atoms with van der Waals surface area (Å²) >= 11 is 3.34. The Hall–Kier alpha value is -0.450. The standard InChI is InChI=1S/C8H8BrNO2/c1-11-8-7(12-8)5-2-6(9)4-10-3-5/h2-4,7-8H,1H3. The first kappa shape index (κ1) is 8.16. The van der Waals surface area contributed by atoms with E-state index in [1.54, 1.807) is 19.5 Å². The summed E-state index contributed by atoms with van der Waals surface area (Å²) in [6, 6.07) is 1.98. The van der Waals surface area contributed by atoms with Crippen molar-refractivity contribution in [1.82, 2.24) is 4.98 Å². The minimum Gasteiger partial charge on any atom is -0.353 e. The lowest BCUT2D eigenvalue weighted by Gasteiger charge is -1.94. The summed E-state index contributed by atoms with van der Waals surface area (Å²) in [5.74, 6) is 0. The Labute approximate surface area is 78.8 Å². The number of hydrogen-bond donors (Lipinski definition) is 0. The summed E-state index contributed by atoms with van der Waals surface area (Å²) in [6.07, 6.45) is 3.52. The number of rotatable bonds is 2. The van der Waals surface area contributed by atoms with Gasteiger partial charge in [-0.05, 0) is 22.0 Å². The van der Waals surface area contributed by atoms with Crippen LogP contribution in [0, 0.1) is 0 Å². The highest BCUT2D eigenvalue weighted by Crippen LogP contribution is 2.39. The zero-order chi connectivity index (χ0) is 8.55. The van der Waals surface area contributed by atoms with Crippen LogP contribution in [0.1, 0.15) is 11.7 Å². The molecule has 1 fully saturated rings. The van der Waals surface area contributed by atoms with Crippen LogP contribution in [0.15, 0.2) is 22.9 Å². The molecule has 1 aliphatic heterocycles. The Morgan fingerprint density at radius 1 is 1.58 bits per heavy atom. The third-order valence-corrected chi connectivity index (χ3v) is 2.17. The summed E-state index contributed by atoms with van der Waals surface area (Å²) in [5.41, 5.74) is 1.05. The van der Waals surface area contributed by atoms with Crippen LogP contribution in [0.5, 0.6) is 0 Å². The Bertz CT molecular complexity index is 292. The first-order chi connectivity index (χ1) is 5.81. The second-order valence-corrected chi connectivity index (χ2v) is 3.51. The minimum absolute atomic E-state index is 0.0694. The average Bonchev–Trinajstić information content (AvgIpc) is 2.83. The van der Waals surface area contributed by atoms with Crippen LogP contribution in [-0.2, 0) is 9.47 Å². The Morgan fingerprint density at radius 2 is 2.42 bits per heavy atom. The molecule has 2 rings (SSSR count). The van der Waals surface area contributed by atoms with Crippen molar-refractivity contribution in [3.8, 4) is 0 Å². The van der Waals surface area contributed by atoms with Crippen LogP contribution >= 0.6 is 15.9 Å². The number of hydrogen-bond acceptors (Lipinski definition) is 3. The first-order valence-corrected chi connectivity index (χ1v) is 4.39. The minimum atomic E-state index is -0.0823. The van der Waals surface area contributed by atoms with Crippen LogP contribution in [0.2, 0.25) is 0 Å². The van der Waals surface area contributed by atoms with E-state index in [2.05, 4.69) is 20.9 Å². The summed E-state index contributed by atoms with van der Waals surface area (Å²) < 4.78 is 11.2. The van der Waals surface area contributed by atoms with Gasteiger partial charge in [-0.15, -0.1) is 0 Å². The molecule has 0 aliphatic carbocycles. The van der Waals surface area contributed by atoms with Crippen molar-refractivity contribution >= 4 is 15.9 Å². The van der Waals surface area contributed by atoms with E-state index in [0.717, 1.165) is 10.0 Å². The van der Waals surface area contributed by atoms with Gasteiger partial charge in [0, 0.05) is 29.5 Å². The highest BCUT2D eigenvalue weighted by molar-refractivity contribution is 9.10. The van der Waals surface area contributed by atoms with E-state index >= 15 is 0 Å². The van der Waals surface area contributed by atoms with Crippen LogP contribution in [0.3, 0.4) is 0 Å². The lowest BCUT2D eigenvalue weighted by atomic mass is 10.2. The molecular formula is C8H8BrNO2. The van der Waals surface area contributed by atoms with Gasteiger partial charge in [0.05, 0.1) is 0 Å². The number of methoxy groups -OCH3 is 1. The van der Waals surface area contributed by atoms with Crippen LogP contribution in [0.25, 0.3) is 0 Å². The fraction of sp³-hybridized carbons (Fsp3) is 0.375. The molecule has 4 heteroatoms. The molecule has 0 spiro atoms. The van der Waals surface area contributed by atoms with Gasteiger partial charge < -0.3 is 9.47 Å². The molecule has 1 aliphatic rings. The number of epoxide rings is 1. The van der Waals surface area contributed by atoms with Gasteiger partial charge in [-0.25, -0.2) is 0 Å². The average molecular weight is 230 g/mol. The molecule has 0 bridgehead atoms. The van der Waals surface area contributed by atoms with Gasteiger partial charge in [-0.2, -0.15) is 0 Å². The molecule has 1 aromatic rings. The molecule has 0 radical (unpaired) electrons. The summed E-state index contributed by atoms with van der Waals surface area (Å²) in [7, 11) is 1.63. The van der Waals surface area contributed by atoms with Gasteiger partial charge in [0.15, 0.2) is 6.29 Å². The van der Waals surface area contributed by atoms with E-state index in [0.29, 0.717) is 0 Å². The lowest BCUT2D eigenvalue weighted by molar-refractivity contribution is 0.0950. The molecule has 0 aromatic carbocycles. The molecule has 1 aromatic heterocycles. The summed E-state index contributed by atoms with van der Waals surface area (Å²) in [4.78, 5) is 4.03. The molecule has 2 atom stereocenters. The van der Waals surface area contributed by atoms with Crippen molar-refractivity contribution in [3.63, 3.8) is 0 Å². The highest BCUT2D eigenvalue weighted by Gasteiger charge is 2.40. The fourth-order valence-corrected chi connectivity index (χ4v) is 1.48. The van der Waals surface area contributed by atoms with Crippen LogP contribution < -0.4 is 0 Å². The molecule has 3 nitrogen and oxygen atoms in total. The van der Waals surface area contributed by atoms with Gasteiger partial charge >= 0.3 is 0 Å². The van der Waals surface area contributed by atoms with E-state index in [4.69, 9.17) is 9.47 Å². The van der Waals surface area contributed by atoms with Gasteiger partial charge in [0.2, 0.25) is 0 Å². The summed E-state index contributed by atoms with van der Waals surface area (Å²) in [5, 5.41) is 0. The first-order valence-electron chi connectivity index (χ1n) is 3.60. The van der Waals surface area contributed by atoms with E-state index in [1.165, 1.54) is 0 Å². The SMILES string of the molecule is COC1OC1c1cncc(Br)c1. The number of halogens is 1. The second-order valence-electron chi connectivity index (χ2n) is 2.60. The fourth-order valence-electron chi connectivity index (χ4n) is 1.10. The third-order valence-electron chi connectivity index (χ3n) is 1.74. The largest absolute Gasteiger partial charge is 0.353 e. The van der Waals surface area contributed by atoms with Crippen molar-refractivity contribution in [1.29, 1.82) is 0 Å². The number of ether oxygens (including phenoxy) is 2. The lowest BCUT2D eigenvalue weighted by Crippen LogP contribution is -1.91.